The molecule has 3 aromatic rings. The van der Waals surface area contributed by atoms with Crippen LogP contribution in [0.25, 0.3) is 0 Å². The van der Waals surface area contributed by atoms with Crippen molar-refractivity contribution >= 4 is 43.1 Å². The second-order valence-corrected chi connectivity index (χ2v) is 12.2. The Morgan fingerprint density at radius 1 is 0.912 bits per heavy atom. The predicted molar refractivity (Wildman–Crippen MR) is 133 cm³/mol. The molecule has 1 amide bonds. The van der Waals surface area contributed by atoms with Crippen molar-refractivity contribution < 1.29 is 21.6 Å². The molecule has 1 N–H and O–H groups in total. The van der Waals surface area contributed by atoms with E-state index in [1.165, 1.54) is 24.3 Å². The van der Waals surface area contributed by atoms with Crippen LogP contribution in [0.15, 0.2) is 76.5 Å². The summed E-state index contributed by atoms with van der Waals surface area (Å²) in [5, 5.41) is 3.05. The third-order valence-electron chi connectivity index (χ3n) is 5.22. The molecule has 0 aliphatic carbocycles. The lowest BCUT2D eigenvalue weighted by Gasteiger charge is -2.26. The van der Waals surface area contributed by atoms with Gasteiger partial charge in [0.1, 0.15) is 6.54 Å². The number of halogens is 1. The van der Waals surface area contributed by atoms with E-state index in [-0.39, 0.29) is 16.3 Å². The molecule has 0 bridgehead atoms. The van der Waals surface area contributed by atoms with Crippen molar-refractivity contribution in [3.63, 3.8) is 0 Å². The zero-order chi connectivity index (χ0) is 25.1. The first-order valence-electron chi connectivity index (χ1n) is 10.3. The summed E-state index contributed by atoms with van der Waals surface area (Å²) in [5.74, 6) is -0.556. The average molecular weight is 521 g/mol. The van der Waals surface area contributed by atoms with E-state index >= 15 is 0 Å². The third-order valence-corrected chi connectivity index (χ3v) is 8.51. The summed E-state index contributed by atoms with van der Waals surface area (Å²) in [5.41, 5.74) is 2.29. The summed E-state index contributed by atoms with van der Waals surface area (Å²) < 4.78 is 51.6. The van der Waals surface area contributed by atoms with Crippen LogP contribution in [-0.2, 0) is 31.2 Å². The van der Waals surface area contributed by atoms with Gasteiger partial charge in [0.05, 0.1) is 15.5 Å². The Hall–Kier alpha value is -2.88. The van der Waals surface area contributed by atoms with Crippen LogP contribution in [-0.4, -0.2) is 35.5 Å². The summed E-state index contributed by atoms with van der Waals surface area (Å²) in [6, 6.07) is 17.4. The topological polar surface area (TPSA) is 101 Å². The minimum Gasteiger partial charge on any atom is -0.350 e. The fourth-order valence-corrected chi connectivity index (χ4v) is 5.62. The molecule has 180 valence electrons. The van der Waals surface area contributed by atoms with Crippen LogP contribution in [0, 0.1) is 13.8 Å². The maximum absolute atomic E-state index is 13.5. The van der Waals surface area contributed by atoms with Crippen LogP contribution in [0.2, 0.25) is 5.02 Å². The second-order valence-electron chi connectivity index (χ2n) is 7.90. The number of aryl methyl sites for hydroxylation is 1. The average Bonchev–Trinajstić information content (AvgIpc) is 2.78. The number of sulfonamides is 1. The third kappa shape index (κ3) is 5.97. The molecule has 34 heavy (non-hydrogen) atoms. The fourth-order valence-electron chi connectivity index (χ4n) is 3.28. The van der Waals surface area contributed by atoms with E-state index in [9.17, 15) is 21.6 Å². The molecule has 3 rings (SSSR count). The number of amides is 1. The van der Waals surface area contributed by atoms with Gasteiger partial charge >= 0.3 is 0 Å². The first kappa shape index (κ1) is 25.7. The minimum absolute atomic E-state index is 0.0368. The summed E-state index contributed by atoms with van der Waals surface area (Å²) in [4.78, 5) is 13.0. The molecule has 0 radical (unpaired) electrons. The number of carbonyl (C=O) groups excluding carboxylic acids is 1. The van der Waals surface area contributed by atoms with Gasteiger partial charge in [-0.3, -0.25) is 9.10 Å². The Labute approximate surface area is 205 Å². The molecule has 0 aliphatic heterocycles. The number of anilines is 1. The van der Waals surface area contributed by atoms with E-state index in [2.05, 4.69) is 5.32 Å². The van der Waals surface area contributed by atoms with E-state index < -0.39 is 32.3 Å². The molecule has 0 aliphatic rings. The standard InChI is InChI=1S/C24H25ClN2O5S2/c1-17-10-12-20(13-11-17)34(31,32)27(23-9-5-8-22(25)18(23)2)16-24(28)26-15-19-6-4-7-21(14-19)33(3,29)30/h4-14H,15-16H2,1-3H3,(H,26,28). The Balaban J connectivity index is 1.89. The van der Waals surface area contributed by atoms with Gasteiger partial charge in [0, 0.05) is 17.8 Å². The smallest absolute Gasteiger partial charge is 0.264 e. The van der Waals surface area contributed by atoms with E-state index in [1.54, 1.807) is 49.4 Å². The maximum atomic E-state index is 13.5. The summed E-state index contributed by atoms with van der Waals surface area (Å²) in [6.07, 6.45) is 1.10. The largest absolute Gasteiger partial charge is 0.350 e. The SMILES string of the molecule is Cc1ccc(S(=O)(=O)N(CC(=O)NCc2cccc(S(C)(=O)=O)c2)c2cccc(Cl)c2C)cc1. The van der Waals surface area contributed by atoms with Gasteiger partial charge in [0.2, 0.25) is 5.91 Å². The molecule has 0 fully saturated rings. The zero-order valence-electron chi connectivity index (χ0n) is 18.9. The van der Waals surface area contributed by atoms with Gasteiger partial charge in [0.15, 0.2) is 9.84 Å². The molecule has 0 aromatic heterocycles. The van der Waals surface area contributed by atoms with Gasteiger partial charge in [-0.1, -0.05) is 47.5 Å². The number of carbonyl (C=O) groups is 1. The van der Waals surface area contributed by atoms with Crippen LogP contribution in [0.5, 0.6) is 0 Å². The number of nitrogens with zero attached hydrogens (tertiary/aromatic N) is 1. The van der Waals surface area contributed by atoms with Gasteiger partial charge in [-0.05, 0) is 61.4 Å². The van der Waals surface area contributed by atoms with Gasteiger partial charge < -0.3 is 5.32 Å². The zero-order valence-corrected chi connectivity index (χ0v) is 21.3. The molecule has 7 nitrogen and oxygen atoms in total. The number of hydrogen-bond acceptors (Lipinski definition) is 5. The van der Waals surface area contributed by atoms with Crippen molar-refractivity contribution in [3.05, 3.63) is 88.4 Å². The maximum Gasteiger partial charge on any atom is 0.264 e. The minimum atomic E-state index is -4.08. The van der Waals surface area contributed by atoms with E-state index in [1.807, 2.05) is 6.92 Å². The van der Waals surface area contributed by atoms with Crippen LogP contribution < -0.4 is 9.62 Å². The molecule has 0 saturated heterocycles. The quantitative estimate of drug-likeness (QED) is 0.486. The normalized spacial score (nSPS) is 11.8. The van der Waals surface area contributed by atoms with Gasteiger partial charge in [-0.25, -0.2) is 16.8 Å². The number of nitrogens with one attached hydrogen (secondary N) is 1. The van der Waals surface area contributed by atoms with Gasteiger partial charge in [-0.2, -0.15) is 0 Å². The van der Waals surface area contributed by atoms with E-state index in [0.29, 0.717) is 21.8 Å². The second kappa shape index (κ2) is 10.2. The lowest BCUT2D eigenvalue weighted by atomic mass is 10.2. The Morgan fingerprint density at radius 3 is 2.21 bits per heavy atom. The molecule has 3 aromatic carbocycles. The fraction of sp³-hybridized carbons (Fsp3) is 0.208. The highest BCUT2D eigenvalue weighted by molar-refractivity contribution is 7.93. The van der Waals surface area contributed by atoms with Crippen molar-refractivity contribution in [1.29, 1.82) is 0 Å². The lowest BCUT2D eigenvalue weighted by molar-refractivity contribution is -0.119. The molecule has 0 saturated carbocycles. The summed E-state index contributed by atoms with van der Waals surface area (Å²) >= 11 is 6.23. The van der Waals surface area contributed by atoms with Crippen LogP contribution in [0.1, 0.15) is 16.7 Å². The molecule has 0 atom stereocenters. The van der Waals surface area contributed by atoms with Crippen molar-refractivity contribution in [3.8, 4) is 0 Å². The molecule has 0 spiro atoms. The van der Waals surface area contributed by atoms with Gasteiger partial charge in [0.25, 0.3) is 10.0 Å². The Morgan fingerprint density at radius 2 is 1.56 bits per heavy atom. The van der Waals surface area contributed by atoms with E-state index in [0.717, 1.165) is 16.1 Å². The molecular formula is C24H25ClN2O5S2. The Kier molecular flexibility index (Phi) is 7.70. The first-order chi connectivity index (χ1) is 15.9. The number of sulfone groups is 1. The van der Waals surface area contributed by atoms with Crippen LogP contribution >= 0.6 is 11.6 Å². The number of rotatable bonds is 8. The predicted octanol–water partition coefficient (Wildman–Crippen LogP) is 3.87. The number of benzene rings is 3. The monoisotopic (exact) mass is 520 g/mol. The number of hydrogen-bond donors (Lipinski definition) is 1. The van der Waals surface area contributed by atoms with Crippen molar-refractivity contribution in [2.75, 3.05) is 17.1 Å². The molecule has 0 unspecified atom stereocenters. The van der Waals surface area contributed by atoms with Crippen molar-refractivity contribution in [1.82, 2.24) is 5.32 Å². The summed E-state index contributed by atoms with van der Waals surface area (Å²) in [7, 11) is -7.47. The van der Waals surface area contributed by atoms with Crippen molar-refractivity contribution in [2.45, 2.75) is 30.2 Å². The highest BCUT2D eigenvalue weighted by atomic mass is 35.5. The highest BCUT2D eigenvalue weighted by Gasteiger charge is 2.28. The van der Waals surface area contributed by atoms with Crippen molar-refractivity contribution in [2.24, 2.45) is 0 Å². The lowest BCUT2D eigenvalue weighted by Crippen LogP contribution is -2.41. The molecule has 0 heterocycles. The molecule has 10 heteroatoms. The Bertz CT molecular complexity index is 1420. The summed E-state index contributed by atoms with van der Waals surface area (Å²) in [6.45, 7) is 3.09. The van der Waals surface area contributed by atoms with E-state index in [4.69, 9.17) is 11.6 Å². The van der Waals surface area contributed by atoms with Crippen LogP contribution in [0.4, 0.5) is 5.69 Å². The van der Waals surface area contributed by atoms with Crippen LogP contribution in [0.3, 0.4) is 0 Å². The first-order valence-corrected chi connectivity index (χ1v) is 14.0. The van der Waals surface area contributed by atoms with Gasteiger partial charge in [-0.15, -0.1) is 0 Å². The highest BCUT2D eigenvalue weighted by Crippen LogP contribution is 2.30. The molecular weight excluding hydrogens is 496 g/mol.